The lowest BCUT2D eigenvalue weighted by molar-refractivity contribution is 0.688. The van der Waals surface area contributed by atoms with Gasteiger partial charge in [-0.25, -0.2) is 4.21 Å². The molecule has 0 spiro atoms. The van der Waals surface area contributed by atoms with Crippen molar-refractivity contribution in [3.8, 4) is 0 Å². The van der Waals surface area contributed by atoms with E-state index in [1.165, 1.54) is 16.7 Å². The molecule has 0 saturated heterocycles. The van der Waals surface area contributed by atoms with Crippen molar-refractivity contribution in [3.05, 3.63) is 71.1 Å². The van der Waals surface area contributed by atoms with Crippen molar-refractivity contribution >= 4 is 39.0 Å². The van der Waals surface area contributed by atoms with E-state index in [9.17, 15) is 4.21 Å². The Hall–Kier alpha value is -0.940. The summed E-state index contributed by atoms with van der Waals surface area (Å²) in [6.07, 6.45) is 2.07. The summed E-state index contributed by atoms with van der Waals surface area (Å²) in [5.41, 5.74) is 3.53. The quantitative estimate of drug-likeness (QED) is 0.463. The third-order valence-corrected chi connectivity index (χ3v) is 5.23. The van der Waals surface area contributed by atoms with Crippen LogP contribution >= 0.6 is 22.6 Å². The molecule has 1 atom stereocenters. The molecule has 1 unspecified atom stereocenters. The summed E-state index contributed by atoms with van der Waals surface area (Å²) in [5, 5.41) is 1.91. The Balaban J connectivity index is 2.27. The molecule has 2 rings (SSSR count). The first-order valence-corrected chi connectivity index (χ1v) is 9.74. The van der Waals surface area contributed by atoms with E-state index in [1.807, 2.05) is 54.8 Å². The van der Waals surface area contributed by atoms with E-state index in [1.54, 1.807) is 0 Å². The predicted molar refractivity (Wildman–Crippen MR) is 100 cm³/mol. The highest BCUT2D eigenvalue weighted by Gasteiger charge is 2.06. The number of hydrogen-bond donors (Lipinski definition) is 0. The lowest BCUT2D eigenvalue weighted by atomic mass is 10.0. The molecule has 0 aromatic heterocycles. The van der Waals surface area contributed by atoms with E-state index in [0.717, 1.165) is 22.2 Å². The van der Waals surface area contributed by atoms with Crippen molar-refractivity contribution < 1.29 is 4.21 Å². The number of hydrogen-bond acceptors (Lipinski definition) is 1. The molecule has 3 heteroatoms. The van der Waals surface area contributed by atoms with Crippen LogP contribution in [0, 0.1) is 6.92 Å². The Morgan fingerprint density at radius 1 is 1.10 bits per heavy atom. The maximum absolute atomic E-state index is 12.5. The minimum atomic E-state index is -1.09. The van der Waals surface area contributed by atoms with Crippen LogP contribution in [0.2, 0.25) is 0 Å². The van der Waals surface area contributed by atoms with Crippen molar-refractivity contribution in [1.29, 1.82) is 0 Å². The van der Waals surface area contributed by atoms with Gasteiger partial charge >= 0.3 is 0 Å². The van der Waals surface area contributed by atoms with Crippen molar-refractivity contribution in [2.45, 2.75) is 24.7 Å². The lowest BCUT2D eigenvalue weighted by Crippen LogP contribution is -1.92. The van der Waals surface area contributed by atoms with Gasteiger partial charge in [0.15, 0.2) is 0 Å². The van der Waals surface area contributed by atoms with Gasteiger partial charge in [-0.3, -0.25) is 0 Å². The zero-order valence-corrected chi connectivity index (χ0v) is 15.1. The van der Waals surface area contributed by atoms with Crippen LogP contribution < -0.4 is 0 Å². The molecule has 0 N–H and O–H groups in total. The average molecular weight is 410 g/mol. The second-order valence-corrected chi connectivity index (χ2v) is 7.29. The molecule has 2 aromatic rings. The first-order chi connectivity index (χ1) is 10.2. The predicted octanol–water partition coefficient (Wildman–Crippen LogP) is 5.36. The third kappa shape index (κ3) is 5.08. The van der Waals surface area contributed by atoms with E-state index >= 15 is 0 Å². The van der Waals surface area contributed by atoms with Crippen molar-refractivity contribution in [2.24, 2.45) is 0 Å². The normalized spacial score (nSPS) is 13.1. The number of aryl methyl sites for hydroxylation is 1. The topological polar surface area (TPSA) is 17.1 Å². The molecule has 0 aliphatic rings. The third-order valence-electron chi connectivity index (χ3n) is 3.23. The van der Waals surface area contributed by atoms with Gasteiger partial charge in [-0.15, -0.1) is 0 Å². The molecular weight excluding hydrogens is 391 g/mol. The van der Waals surface area contributed by atoms with Gasteiger partial charge in [-0.1, -0.05) is 70.6 Å². The summed E-state index contributed by atoms with van der Waals surface area (Å²) in [7, 11) is -1.09. The number of benzene rings is 2. The molecule has 0 amide bonds. The highest BCUT2D eigenvalue weighted by atomic mass is 127. The van der Waals surface area contributed by atoms with Gasteiger partial charge in [0.25, 0.3) is 0 Å². The molecule has 21 heavy (non-hydrogen) atoms. The maximum Gasteiger partial charge on any atom is 0.0778 e. The SMILES string of the molecule is Cc1ccc(S(=O)/C=C(\CCCI)c2ccccc2)cc1. The summed E-state index contributed by atoms with van der Waals surface area (Å²) >= 11 is 2.39. The monoisotopic (exact) mass is 410 g/mol. The van der Waals surface area contributed by atoms with Crippen LogP contribution in [-0.2, 0) is 10.8 Å². The van der Waals surface area contributed by atoms with E-state index in [0.29, 0.717) is 0 Å². The zero-order valence-electron chi connectivity index (χ0n) is 12.1. The van der Waals surface area contributed by atoms with Crippen LogP contribution in [-0.4, -0.2) is 8.64 Å². The number of rotatable bonds is 6. The van der Waals surface area contributed by atoms with Gasteiger partial charge < -0.3 is 0 Å². The summed E-state index contributed by atoms with van der Waals surface area (Å²) in [4.78, 5) is 0.864. The molecule has 2 aromatic carbocycles. The smallest absolute Gasteiger partial charge is 0.0778 e. The molecular formula is C18H19IOS. The van der Waals surface area contributed by atoms with Crippen LogP contribution in [0.25, 0.3) is 5.57 Å². The van der Waals surface area contributed by atoms with Crippen LogP contribution in [0.15, 0.2) is 64.9 Å². The fourth-order valence-corrected chi connectivity index (χ4v) is 3.48. The van der Waals surface area contributed by atoms with Crippen molar-refractivity contribution in [1.82, 2.24) is 0 Å². The van der Waals surface area contributed by atoms with Gasteiger partial charge in [0.1, 0.15) is 0 Å². The summed E-state index contributed by atoms with van der Waals surface area (Å²) in [6.45, 7) is 2.04. The molecule has 0 fully saturated rings. The Bertz CT molecular complexity index is 617. The maximum atomic E-state index is 12.5. The molecule has 0 radical (unpaired) electrons. The average Bonchev–Trinajstić information content (AvgIpc) is 2.52. The molecule has 0 aliphatic carbocycles. The second kappa shape index (κ2) is 8.49. The molecule has 1 nitrogen and oxygen atoms in total. The van der Waals surface area contributed by atoms with Crippen molar-refractivity contribution in [2.75, 3.05) is 4.43 Å². The Morgan fingerprint density at radius 3 is 2.38 bits per heavy atom. The first-order valence-electron chi connectivity index (χ1n) is 7.00. The van der Waals surface area contributed by atoms with Gasteiger partial charge in [-0.2, -0.15) is 0 Å². The van der Waals surface area contributed by atoms with E-state index in [-0.39, 0.29) is 0 Å². The van der Waals surface area contributed by atoms with Crippen LogP contribution in [0.1, 0.15) is 24.0 Å². The van der Waals surface area contributed by atoms with Crippen LogP contribution in [0.3, 0.4) is 0 Å². The summed E-state index contributed by atoms with van der Waals surface area (Å²) < 4.78 is 13.6. The Kier molecular flexibility index (Phi) is 6.64. The Morgan fingerprint density at radius 2 is 1.76 bits per heavy atom. The minimum absolute atomic E-state index is 0.864. The fraction of sp³-hybridized carbons (Fsp3) is 0.222. The van der Waals surface area contributed by atoms with Crippen molar-refractivity contribution in [3.63, 3.8) is 0 Å². The summed E-state index contributed by atoms with van der Waals surface area (Å²) in [6, 6.07) is 18.2. The zero-order chi connectivity index (χ0) is 15.1. The largest absolute Gasteiger partial charge is 0.250 e. The lowest BCUT2D eigenvalue weighted by Gasteiger charge is -2.07. The molecule has 0 bridgehead atoms. The second-order valence-electron chi connectivity index (χ2n) is 4.91. The molecule has 110 valence electrons. The van der Waals surface area contributed by atoms with Gasteiger partial charge in [0.05, 0.1) is 10.8 Å². The van der Waals surface area contributed by atoms with E-state index < -0.39 is 10.8 Å². The molecule has 0 saturated carbocycles. The summed E-state index contributed by atoms with van der Waals surface area (Å²) in [5.74, 6) is 0. The van der Waals surface area contributed by atoms with E-state index in [2.05, 4.69) is 34.7 Å². The fourth-order valence-electron chi connectivity index (χ4n) is 2.05. The molecule has 0 aliphatic heterocycles. The van der Waals surface area contributed by atoms with Crippen LogP contribution in [0.5, 0.6) is 0 Å². The van der Waals surface area contributed by atoms with Gasteiger partial charge in [-0.05, 0) is 47.5 Å². The molecule has 0 heterocycles. The van der Waals surface area contributed by atoms with Crippen LogP contribution in [0.4, 0.5) is 0 Å². The number of halogens is 1. The highest BCUT2D eigenvalue weighted by molar-refractivity contribution is 14.1. The number of allylic oxidation sites excluding steroid dienone is 1. The number of alkyl halides is 1. The first kappa shape index (κ1) is 16.4. The van der Waals surface area contributed by atoms with Gasteiger partial charge in [0.2, 0.25) is 0 Å². The van der Waals surface area contributed by atoms with Gasteiger partial charge in [0, 0.05) is 10.3 Å². The standard InChI is InChI=1S/C18H19IOS/c1-15-9-11-18(12-10-15)21(20)14-17(8-5-13-19)16-6-3-2-4-7-16/h2-4,6-7,9-12,14H,5,8,13H2,1H3/b17-14+. The highest BCUT2D eigenvalue weighted by Crippen LogP contribution is 2.23. The van der Waals surface area contributed by atoms with E-state index in [4.69, 9.17) is 0 Å². The minimum Gasteiger partial charge on any atom is -0.250 e. The Labute approximate surface area is 143 Å².